The summed E-state index contributed by atoms with van der Waals surface area (Å²) in [4.78, 5) is 31.9. The number of hydrogen-bond donors (Lipinski definition) is 0. The number of fused-ring (bicyclic) bond motifs is 3. The van der Waals surface area contributed by atoms with E-state index in [1.165, 1.54) is 5.56 Å². The molecule has 1 amide bonds. The van der Waals surface area contributed by atoms with Crippen molar-refractivity contribution < 1.29 is 9.53 Å². The Labute approximate surface area is 198 Å². The summed E-state index contributed by atoms with van der Waals surface area (Å²) in [6, 6.07) is 17.6. The van der Waals surface area contributed by atoms with Gasteiger partial charge < -0.3 is 9.30 Å². The minimum atomic E-state index is -0.536. The van der Waals surface area contributed by atoms with E-state index in [1.807, 2.05) is 76.2 Å². The molecule has 0 bridgehead atoms. The fraction of sp³-hybridized carbons (Fsp3) is 0.296. The number of amides is 1. The van der Waals surface area contributed by atoms with Gasteiger partial charge in [-0.1, -0.05) is 29.8 Å². The number of rotatable bonds is 2. The first-order valence-electron chi connectivity index (χ1n) is 11.5. The molecule has 0 unspecified atom stereocenters. The molecule has 34 heavy (non-hydrogen) atoms. The lowest BCUT2D eigenvalue weighted by Crippen LogP contribution is -2.41. The highest BCUT2D eigenvalue weighted by Gasteiger charge is 2.27. The van der Waals surface area contributed by atoms with Gasteiger partial charge in [0.1, 0.15) is 11.4 Å². The fourth-order valence-corrected chi connectivity index (χ4v) is 4.26. The fourth-order valence-electron chi connectivity index (χ4n) is 4.26. The molecule has 0 saturated carbocycles. The second kappa shape index (κ2) is 8.17. The van der Waals surface area contributed by atoms with Crippen LogP contribution in [0.4, 0.5) is 4.79 Å². The molecule has 0 atom stereocenters. The van der Waals surface area contributed by atoms with Crippen LogP contribution in [0.2, 0.25) is 0 Å². The monoisotopic (exact) mass is 456 g/mol. The Morgan fingerprint density at radius 3 is 2.44 bits per heavy atom. The zero-order chi connectivity index (χ0) is 24.0. The number of imidazole rings is 1. The molecule has 0 fully saturated rings. The van der Waals surface area contributed by atoms with Gasteiger partial charge in [-0.15, -0.1) is 0 Å². The zero-order valence-electron chi connectivity index (χ0n) is 19.9. The van der Waals surface area contributed by atoms with E-state index in [0.717, 1.165) is 33.7 Å². The van der Waals surface area contributed by atoms with Crippen LogP contribution in [0.1, 0.15) is 32.2 Å². The van der Waals surface area contributed by atoms with E-state index in [2.05, 4.69) is 4.57 Å². The summed E-state index contributed by atoms with van der Waals surface area (Å²) in [6.07, 6.45) is 1.48. The summed E-state index contributed by atoms with van der Waals surface area (Å²) in [5.41, 5.74) is 5.00. The summed E-state index contributed by atoms with van der Waals surface area (Å²) >= 11 is 0. The molecule has 4 aromatic rings. The molecule has 0 saturated heterocycles. The molecule has 7 heteroatoms. The van der Waals surface area contributed by atoms with Gasteiger partial charge in [0.05, 0.1) is 23.3 Å². The van der Waals surface area contributed by atoms with Gasteiger partial charge in [-0.25, -0.2) is 9.78 Å². The van der Waals surface area contributed by atoms with E-state index < -0.39 is 5.60 Å². The molecule has 174 valence electrons. The predicted octanol–water partition coefficient (Wildman–Crippen LogP) is 4.91. The second-order valence-corrected chi connectivity index (χ2v) is 9.74. The standard InChI is InChI=1S/C27H28N4O3/c1-18-5-7-19(8-6-18)20-11-12-30(25(32)15-20)21-9-10-23-22(16-21)28-24-17-29(13-14-31(23)24)26(33)34-27(2,3)4/h5-12,15-16H,13-14,17H2,1-4H3. The normalized spacial score (nSPS) is 13.7. The van der Waals surface area contributed by atoms with Gasteiger partial charge in [0.15, 0.2) is 0 Å². The maximum atomic E-state index is 12.9. The van der Waals surface area contributed by atoms with Gasteiger partial charge in [-0.3, -0.25) is 14.3 Å². The first-order valence-corrected chi connectivity index (χ1v) is 11.5. The molecule has 3 heterocycles. The Kier molecular flexibility index (Phi) is 5.27. The van der Waals surface area contributed by atoms with Gasteiger partial charge in [-0.05, 0) is 63.1 Å². The van der Waals surface area contributed by atoms with Crippen molar-refractivity contribution in [3.05, 3.63) is 82.5 Å². The van der Waals surface area contributed by atoms with Gasteiger partial charge >= 0.3 is 6.09 Å². The number of nitrogens with zero attached hydrogens (tertiary/aromatic N) is 4. The Morgan fingerprint density at radius 1 is 0.971 bits per heavy atom. The van der Waals surface area contributed by atoms with Crippen molar-refractivity contribution in [2.45, 2.75) is 46.4 Å². The highest BCUT2D eigenvalue weighted by molar-refractivity contribution is 5.79. The van der Waals surface area contributed by atoms with Crippen LogP contribution in [0.5, 0.6) is 0 Å². The third-order valence-corrected chi connectivity index (χ3v) is 5.97. The number of ether oxygens (including phenoxy) is 1. The second-order valence-electron chi connectivity index (χ2n) is 9.74. The summed E-state index contributed by atoms with van der Waals surface area (Å²) < 4.78 is 9.27. The summed E-state index contributed by atoms with van der Waals surface area (Å²) in [5, 5.41) is 0. The van der Waals surface area contributed by atoms with Crippen LogP contribution in [0.3, 0.4) is 0 Å². The van der Waals surface area contributed by atoms with Gasteiger partial charge in [0, 0.05) is 25.4 Å². The minimum Gasteiger partial charge on any atom is -0.444 e. The lowest BCUT2D eigenvalue weighted by Gasteiger charge is -2.30. The lowest BCUT2D eigenvalue weighted by atomic mass is 10.1. The summed E-state index contributed by atoms with van der Waals surface area (Å²) in [5.74, 6) is 0.811. The van der Waals surface area contributed by atoms with Gasteiger partial charge in [-0.2, -0.15) is 0 Å². The van der Waals surface area contributed by atoms with Gasteiger partial charge in [0.2, 0.25) is 0 Å². The van der Waals surface area contributed by atoms with Crippen molar-refractivity contribution in [3.8, 4) is 16.8 Å². The molecule has 2 aromatic heterocycles. The average molecular weight is 457 g/mol. The van der Waals surface area contributed by atoms with Crippen molar-refractivity contribution in [3.63, 3.8) is 0 Å². The average Bonchev–Trinajstić information content (AvgIpc) is 3.15. The SMILES string of the molecule is Cc1ccc(-c2ccn(-c3ccc4c(c3)nc3n4CCN(C(=O)OC(C)(C)C)C3)c(=O)c2)cc1. The quantitative estimate of drug-likeness (QED) is 0.430. The third-order valence-electron chi connectivity index (χ3n) is 5.97. The van der Waals surface area contributed by atoms with Crippen LogP contribution in [0.25, 0.3) is 27.8 Å². The molecule has 0 N–H and O–H groups in total. The Bertz CT molecular complexity index is 1440. The number of aromatic nitrogens is 3. The molecule has 7 nitrogen and oxygen atoms in total. The summed E-state index contributed by atoms with van der Waals surface area (Å²) in [6.45, 7) is 9.23. The van der Waals surface area contributed by atoms with Crippen LogP contribution in [-0.4, -0.2) is 37.3 Å². The molecule has 2 aromatic carbocycles. The number of aryl methyl sites for hydroxylation is 1. The molecule has 0 aliphatic carbocycles. The van der Waals surface area contributed by atoms with Crippen LogP contribution in [-0.2, 0) is 17.8 Å². The van der Waals surface area contributed by atoms with Crippen LogP contribution < -0.4 is 5.56 Å². The first-order chi connectivity index (χ1) is 16.2. The topological polar surface area (TPSA) is 69.4 Å². The van der Waals surface area contributed by atoms with Crippen LogP contribution >= 0.6 is 0 Å². The number of carbonyl (C=O) groups is 1. The molecule has 5 rings (SSSR count). The molecular formula is C27H28N4O3. The van der Waals surface area contributed by atoms with E-state index in [4.69, 9.17) is 9.72 Å². The smallest absolute Gasteiger partial charge is 0.410 e. The highest BCUT2D eigenvalue weighted by Crippen LogP contribution is 2.25. The van der Waals surface area contributed by atoms with E-state index >= 15 is 0 Å². The zero-order valence-corrected chi connectivity index (χ0v) is 19.9. The Balaban J connectivity index is 1.43. The van der Waals surface area contributed by atoms with Crippen molar-refractivity contribution in [1.29, 1.82) is 0 Å². The number of pyridine rings is 1. The molecule has 1 aliphatic rings. The largest absolute Gasteiger partial charge is 0.444 e. The first kappa shape index (κ1) is 21.9. The molecule has 0 radical (unpaired) electrons. The third kappa shape index (κ3) is 4.21. The maximum Gasteiger partial charge on any atom is 0.410 e. The van der Waals surface area contributed by atoms with E-state index in [-0.39, 0.29) is 11.7 Å². The van der Waals surface area contributed by atoms with Crippen LogP contribution in [0, 0.1) is 6.92 Å². The Morgan fingerprint density at radius 2 is 1.74 bits per heavy atom. The lowest BCUT2D eigenvalue weighted by molar-refractivity contribution is 0.0196. The number of hydrogen-bond acceptors (Lipinski definition) is 4. The number of carbonyl (C=O) groups excluding carboxylic acids is 1. The molecule has 0 spiro atoms. The van der Waals surface area contributed by atoms with Crippen LogP contribution in [0.15, 0.2) is 65.6 Å². The molecule has 1 aliphatic heterocycles. The predicted molar refractivity (Wildman–Crippen MR) is 132 cm³/mol. The van der Waals surface area contributed by atoms with E-state index in [0.29, 0.717) is 19.6 Å². The van der Waals surface area contributed by atoms with E-state index in [9.17, 15) is 9.59 Å². The minimum absolute atomic E-state index is 0.0995. The van der Waals surface area contributed by atoms with Crippen molar-refractivity contribution in [1.82, 2.24) is 19.0 Å². The van der Waals surface area contributed by atoms with Crippen molar-refractivity contribution in [2.24, 2.45) is 0 Å². The Hall–Kier alpha value is -3.87. The van der Waals surface area contributed by atoms with Crippen molar-refractivity contribution in [2.75, 3.05) is 6.54 Å². The summed E-state index contributed by atoms with van der Waals surface area (Å²) in [7, 11) is 0. The highest BCUT2D eigenvalue weighted by atomic mass is 16.6. The van der Waals surface area contributed by atoms with Crippen molar-refractivity contribution >= 4 is 17.1 Å². The maximum absolute atomic E-state index is 12.9. The number of benzene rings is 2. The van der Waals surface area contributed by atoms with E-state index in [1.54, 1.807) is 21.7 Å². The molecular weight excluding hydrogens is 428 g/mol. The van der Waals surface area contributed by atoms with Gasteiger partial charge in [0.25, 0.3) is 5.56 Å².